The summed E-state index contributed by atoms with van der Waals surface area (Å²) in [5.74, 6) is 1.07. The highest BCUT2D eigenvalue weighted by molar-refractivity contribution is 9.10. The van der Waals surface area contributed by atoms with Gasteiger partial charge in [0.05, 0.1) is 16.9 Å². The molecule has 4 aromatic rings. The molecule has 3 heterocycles. The lowest BCUT2D eigenvalue weighted by molar-refractivity contribution is 0.0907. The van der Waals surface area contributed by atoms with E-state index in [1.807, 2.05) is 43.3 Å². The Bertz CT molecular complexity index is 1270. The number of nitrogens with one attached hydrogen (secondary N) is 1. The van der Waals surface area contributed by atoms with Crippen molar-refractivity contribution in [2.24, 2.45) is 0 Å². The molecule has 0 atom stereocenters. The molecule has 1 aliphatic heterocycles. The van der Waals surface area contributed by atoms with Gasteiger partial charge in [-0.05, 0) is 48.9 Å². The van der Waals surface area contributed by atoms with Crippen LogP contribution in [0.2, 0.25) is 0 Å². The standard InChI is InChI=1S/C21H16BrN5O4/c1-12-16(10-27(25-12)15-5-3-14(22)4-6-15)19-24-21(31-26-19)20(28)23-9-13-2-7-17-18(8-13)30-11-29-17/h2-8,10H,9,11H2,1H3,(H,23,28). The maximum Gasteiger partial charge on any atom is 0.316 e. The van der Waals surface area contributed by atoms with Crippen molar-refractivity contribution in [2.45, 2.75) is 13.5 Å². The van der Waals surface area contributed by atoms with E-state index in [0.717, 1.165) is 21.4 Å². The predicted octanol–water partition coefficient (Wildman–Crippen LogP) is 3.65. The predicted molar refractivity (Wildman–Crippen MR) is 113 cm³/mol. The van der Waals surface area contributed by atoms with Crippen LogP contribution in [-0.2, 0) is 6.54 Å². The van der Waals surface area contributed by atoms with Crippen molar-refractivity contribution in [3.63, 3.8) is 0 Å². The molecule has 5 rings (SSSR count). The van der Waals surface area contributed by atoms with Crippen LogP contribution in [0.5, 0.6) is 11.5 Å². The molecule has 0 saturated heterocycles. The van der Waals surface area contributed by atoms with Crippen molar-refractivity contribution in [1.82, 2.24) is 25.2 Å². The summed E-state index contributed by atoms with van der Waals surface area (Å²) < 4.78 is 18.5. The fourth-order valence-corrected chi connectivity index (χ4v) is 3.40. The largest absolute Gasteiger partial charge is 0.454 e. The zero-order chi connectivity index (χ0) is 21.4. The first-order valence-corrected chi connectivity index (χ1v) is 10.2. The second-order valence-corrected chi connectivity index (χ2v) is 7.76. The van der Waals surface area contributed by atoms with Crippen molar-refractivity contribution < 1.29 is 18.8 Å². The Morgan fingerprint density at radius 1 is 1.16 bits per heavy atom. The van der Waals surface area contributed by atoms with Crippen LogP contribution < -0.4 is 14.8 Å². The number of hydrogen-bond donors (Lipinski definition) is 1. The van der Waals surface area contributed by atoms with E-state index in [1.165, 1.54) is 0 Å². The minimum Gasteiger partial charge on any atom is -0.454 e. The summed E-state index contributed by atoms with van der Waals surface area (Å²) in [6.45, 7) is 2.34. The second-order valence-electron chi connectivity index (χ2n) is 6.84. The van der Waals surface area contributed by atoms with E-state index in [2.05, 4.69) is 36.5 Å². The van der Waals surface area contributed by atoms with Gasteiger partial charge in [0.15, 0.2) is 11.5 Å². The van der Waals surface area contributed by atoms with Crippen molar-refractivity contribution in [2.75, 3.05) is 6.79 Å². The lowest BCUT2D eigenvalue weighted by atomic mass is 10.2. The monoisotopic (exact) mass is 481 g/mol. The van der Waals surface area contributed by atoms with Gasteiger partial charge in [-0.3, -0.25) is 4.79 Å². The van der Waals surface area contributed by atoms with E-state index in [0.29, 0.717) is 22.9 Å². The van der Waals surface area contributed by atoms with Crippen LogP contribution in [0.3, 0.4) is 0 Å². The number of amides is 1. The first-order chi connectivity index (χ1) is 15.1. The maximum atomic E-state index is 12.5. The Hall–Kier alpha value is -3.66. The number of aryl methyl sites for hydroxylation is 1. The molecule has 0 unspecified atom stereocenters. The number of fused-ring (bicyclic) bond motifs is 1. The molecule has 9 nitrogen and oxygen atoms in total. The topological polar surface area (TPSA) is 104 Å². The number of aromatic nitrogens is 4. The molecule has 1 aliphatic rings. The molecular weight excluding hydrogens is 466 g/mol. The van der Waals surface area contributed by atoms with Gasteiger partial charge in [0.2, 0.25) is 12.6 Å². The highest BCUT2D eigenvalue weighted by Crippen LogP contribution is 2.32. The van der Waals surface area contributed by atoms with Gasteiger partial charge in [0, 0.05) is 17.2 Å². The third-order valence-corrected chi connectivity index (χ3v) is 5.27. The van der Waals surface area contributed by atoms with Crippen molar-refractivity contribution in [3.8, 4) is 28.6 Å². The first-order valence-electron chi connectivity index (χ1n) is 9.40. The second kappa shape index (κ2) is 7.88. The van der Waals surface area contributed by atoms with Crippen LogP contribution in [0.1, 0.15) is 21.9 Å². The van der Waals surface area contributed by atoms with E-state index in [-0.39, 0.29) is 19.2 Å². The molecule has 1 amide bonds. The summed E-state index contributed by atoms with van der Waals surface area (Å²) in [7, 11) is 0. The molecule has 0 radical (unpaired) electrons. The van der Waals surface area contributed by atoms with E-state index >= 15 is 0 Å². The van der Waals surface area contributed by atoms with E-state index < -0.39 is 5.91 Å². The van der Waals surface area contributed by atoms with E-state index in [9.17, 15) is 4.79 Å². The van der Waals surface area contributed by atoms with Crippen LogP contribution >= 0.6 is 15.9 Å². The number of ether oxygens (including phenoxy) is 2. The summed E-state index contributed by atoms with van der Waals surface area (Å²) in [6.07, 6.45) is 1.80. The van der Waals surface area contributed by atoms with Gasteiger partial charge in [0.25, 0.3) is 0 Å². The number of nitrogens with zero attached hydrogens (tertiary/aromatic N) is 4. The van der Waals surface area contributed by atoms with Gasteiger partial charge in [-0.15, -0.1) is 0 Å². The Balaban J connectivity index is 1.29. The van der Waals surface area contributed by atoms with Gasteiger partial charge < -0.3 is 19.3 Å². The van der Waals surface area contributed by atoms with Crippen LogP contribution in [0.4, 0.5) is 0 Å². The maximum absolute atomic E-state index is 12.5. The zero-order valence-electron chi connectivity index (χ0n) is 16.3. The zero-order valence-corrected chi connectivity index (χ0v) is 17.9. The van der Waals surface area contributed by atoms with E-state index in [4.69, 9.17) is 14.0 Å². The number of benzene rings is 2. The number of hydrogen-bond acceptors (Lipinski definition) is 7. The molecule has 156 valence electrons. The number of halogens is 1. The fraction of sp³-hybridized carbons (Fsp3) is 0.143. The Morgan fingerprint density at radius 3 is 2.81 bits per heavy atom. The average molecular weight is 482 g/mol. The molecule has 1 N–H and O–H groups in total. The Labute approximate surface area is 185 Å². The summed E-state index contributed by atoms with van der Waals surface area (Å²) in [5, 5.41) is 11.2. The molecule has 2 aromatic heterocycles. The van der Waals surface area contributed by atoms with Crippen LogP contribution in [0, 0.1) is 6.92 Å². The molecule has 0 aliphatic carbocycles. The average Bonchev–Trinajstić information content (AvgIpc) is 3.51. The van der Waals surface area contributed by atoms with Gasteiger partial charge in [-0.2, -0.15) is 10.1 Å². The van der Waals surface area contributed by atoms with Gasteiger partial charge in [-0.25, -0.2) is 4.68 Å². The quantitative estimate of drug-likeness (QED) is 0.463. The normalized spacial score (nSPS) is 12.2. The third-order valence-electron chi connectivity index (χ3n) is 4.74. The highest BCUT2D eigenvalue weighted by Gasteiger charge is 2.20. The SMILES string of the molecule is Cc1nn(-c2ccc(Br)cc2)cc1-c1noc(C(=O)NCc2ccc3c(c2)OCO3)n1. The number of carbonyl (C=O) groups excluding carboxylic acids is 1. The van der Waals surface area contributed by atoms with Crippen molar-refractivity contribution in [3.05, 3.63) is 70.3 Å². The Morgan fingerprint density at radius 2 is 1.97 bits per heavy atom. The molecule has 0 bridgehead atoms. The van der Waals surface area contributed by atoms with Crippen molar-refractivity contribution in [1.29, 1.82) is 0 Å². The molecule has 0 saturated carbocycles. The summed E-state index contributed by atoms with van der Waals surface area (Å²) in [5.41, 5.74) is 3.16. The lowest BCUT2D eigenvalue weighted by Crippen LogP contribution is -2.23. The molecule has 2 aromatic carbocycles. The van der Waals surface area contributed by atoms with Gasteiger partial charge >= 0.3 is 11.8 Å². The first kappa shape index (κ1) is 19.3. The summed E-state index contributed by atoms with van der Waals surface area (Å²) in [6, 6.07) is 13.2. The lowest BCUT2D eigenvalue weighted by Gasteiger charge is -2.03. The molecule has 0 fully saturated rings. The van der Waals surface area contributed by atoms with Crippen LogP contribution in [0.15, 0.2) is 57.7 Å². The van der Waals surface area contributed by atoms with Crippen LogP contribution in [-0.4, -0.2) is 32.6 Å². The Kier molecular flexibility index (Phi) is 4.91. The summed E-state index contributed by atoms with van der Waals surface area (Å²) >= 11 is 3.42. The van der Waals surface area contributed by atoms with Gasteiger partial charge in [-0.1, -0.05) is 27.2 Å². The smallest absolute Gasteiger partial charge is 0.316 e. The molecule has 0 spiro atoms. The summed E-state index contributed by atoms with van der Waals surface area (Å²) in [4.78, 5) is 16.7. The molecule has 31 heavy (non-hydrogen) atoms. The van der Waals surface area contributed by atoms with Gasteiger partial charge in [0.1, 0.15) is 0 Å². The number of carbonyl (C=O) groups is 1. The van der Waals surface area contributed by atoms with Crippen molar-refractivity contribution >= 4 is 21.8 Å². The fourth-order valence-electron chi connectivity index (χ4n) is 3.14. The van der Waals surface area contributed by atoms with E-state index in [1.54, 1.807) is 16.9 Å². The van der Waals surface area contributed by atoms with Crippen LogP contribution in [0.25, 0.3) is 17.1 Å². The molecule has 10 heteroatoms. The minimum atomic E-state index is -0.464. The molecular formula is C21H16BrN5O4. The highest BCUT2D eigenvalue weighted by atomic mass is 79.9. The minimum absolute atomic E-state index is 0.119. The number of rotatable bonds is 5. The third kappa shape index (κ3) is 3.89.